The summed E-state index contributed by atoms with van der Waals surface area (Å²) in [5.74, 6) is 0.137. The van der Waals surface area contributed by atoms with Crippen LogP contribution in [-0.4, -0.2) is 62.4 Å². The number of hydrogen-bond acceptors (Lipinski definition) is 4. The predicted octanol–water partition coefficient (Wildman–Crippen LogP) is 0.232. The smallest absolute Gasteiger partial charge is 0.222 e. The molecule has 0 bridgehead atoms. The van der Waals surface area contributed by atoms with E-state index in [1.165, 1.54) is 0 Å². The molecule has 0 aromatic heterocycles. The van der Waals surface area contributed by atoms with Crippen LogP contribution in [0.4, 0.5) is 0 Å². The minimum atomic E-state index is -0.748. The minimum absolute atomic E-state index is 0.137. The lowest BCUT2D eigenvalue weighted by Gasteiger charge is -2.23. The maximum absolute atomic E-state index is 11.3. The van der Waals surface area contributed by atoms with Gasteiger partial charge < -0.3 is 20.1 Å². The number of rotatable bonds is 9. The van der Waals surface area contributed by atoms with Crippen molar-refractivity contribution >= 4 is 5.91 Å². The van der Waals surface area contributed by atoms with E-state index in [1.54, 1.807) is 33.0 Å². The summed E-state index contributed by atoms with van der Waals surface area (Å²) < 4.78 is 4.93. The zero-order chi connectivity index (χ0) is 13.3. The molecule has 102 valence electrons. The molecule has 0 aliphatic rings. The van der Waals surface area contributed by atoms with Gasteiger partial charge >= 0.3 is 0 Å². The predicted molar refractivity (Wildman–Crippen MR) is 67.9 cm³/mol. The first-order valence-electron chi connectivity index (χ1n) is 6.01. The number of hydrogen-bond donors (Lipinski definition) is 2. The summed E-state index contributed by atoms with van der Waals surface area (Å²) in [5, 5.41) is 13.1. The van der Waals surface area contributed by atoms with E-state index in [-0.39, 0.29) is 5.91 Å². The van der Waals surface area contributed by atoms with Gasteiger partial charge in [-0.05, 0) is 19.9 Å². The number of amides is 1. The van der Waals surface area contributed by atoms with Crippen LogP contribution >= 0.6 is 0 Å². The van der Waals surface area contributed by atoms with E-state index < -0.39 is 5.60 Å². The van der Waals surface area contributed by atoms with Gasteiger partial charge in [0.2, 0.25) is 5.91 Å². The van der Waals surface area contributed by atoms with Crippen LogP contribution in [0.25, 0.3) is 0 Å². The molecule has 5 nitrogen and oxygen atoms in total. The number of aliphatic hydroxyl groups is 1. The van der Waals surface area contributed by atoms with Crippen molar-refractivity contribution in [1.29, 1.82) is 0 Å². The van der Waals surface area contributed by atoms with Crippen molar-refractivity contribution < 1.29 is 14.6 Å². The Kier molecular flexibility index (Phi) is 8.12. The molecule has 5 heteroatoms. The Labute approximate surface area is 104 Å². The van der Waals surface area contributed by atoms with Crippen molar-refractivity contribution in [3.63, 3.8) is 0 Å². The average molecular weight is 246 g/mol. The molecule has 0 heterocycles. The summed E-state index contributed by atoms with van der Waals surface area (Å²) in [7, 11) is 5.13. The molecule has 0 aliphatic heterocycles. The van der Waals surface area contributed by atoms with Crippen LogP contribution < -0.4 is 5.32 Å². The van der Waals surface area contributed by atoms with Gasteiger partial charge in [-0.1, -0.05) is 0 Å². The van der Waals surface area contributed by atoms with Crippen LogP contribution in [0.5, 0.6) is 0 Å². The molecule has 17 heavy (non-hydrogen) atoms. The van der Waals surface area contributed by atoms with Crippen LogP contribution in [-0.2, 0) is 9.53 Å². The number of carbonyl (C=O) groups excluding carboxylic acids is 1. The molecule has 0 rings (SSSR count). The van der Waals surface area contributed by atoms with E-state index in [0.29, 0.717) is 26.0 Å². The fourth-order valence-corrected chi connectivity index (χ4v) is 1.36. The van der Waals surface area contributed by atoms with Gasteiger partial charge in [-0.25, -0.2) is 0 Å². The summed E-state index contributed by atoms with van der Waals surface area (Å²) in [5.41, 5.74) is -0.748. The number of carbonyl (C=O) groups is 1. The second-order valence-electron chi connectivity index (χ2n) is 4.81. The highest BCUT2D eigenvalue weighted by molar-refractivity contribution is 5.75. The van der Waals surface area contributed by atoms with Gasteiger partial charge in [-0.15, -0.1) is 0 Å². The topological polar surface area (TPSA) is 61.8 Å². The Morgan fingerprint density at radius 2 is 2.12 bits per heavy atom. The van der Waals surface area contributed by atoms with Gasteiger partial charge in [0, 0.05) is 47.2 Å². The van der Waals surface area contributed by atoms with Crippen LogP contribution in [0, 0.1) is 0 Å². The summed E-state index contributed by atoms with van der Waals surface area (Å²) in [6, 6.07) is 0. The summed E-state index contributed by atoms with van der Waals surface area (Å²) in [6.07, 6.45) is 1.94. The lowest BCUT2D eigenvalue weighted by molar-refractivity contribution is -0.128. The highest BCUT2D eigenvalue weighted by Crippen LogP contribution is 2.07. The van der Waals surface area contributed by atoms with Crippen molar-refractivity contribution in [3.8, 4) is 0 Å². The fraction of sp³-hybridized carbons (Fsp3) is 0.917. The molecule has 1 unspecified atom stereocenters. The Morgan fingerprint density at radius 1 is 1.47 bits per heavy atom. The van der Waals surface area contributed by atoms with Crippen molar-refractivity contribution in [2.75, 3.05) is 40.9 Å². The molecule has 0 spiro atoms. The van der Waals surface area contributed by atoms with Crippen molar-refractivity contribution in [3.05, 3.63) is 0 Å². The van der Waals surface area contributed by atoms with Crippen LogP contribution in [0.15, 0.2) is 0 Å². The Morgan fingerprint density at radius 3 is 2.65 bits per heavy atom. The minimum Gasteiger partial charge on any atom is -0.389 e. The molecule has 0 aromatic rings. The first-order valence-corrected chi connectivity index (χ1v) is 6.01. The number of nitrogens with zero attached hydrogens (tertiary/aromatic N) is 1. The van der Waals surface area contributed by atoms with Gasteiger partial charge in [-0.3, -0.25) is 4.79 Å². The summed E-state index contributed by atoms with van der Waals surface area (Å²) >= 11 is 0. The SMILES string of the molecule is COCCC(C)(O)CNCCCC(=O)N(C)C. The third-order valence-electron chi connectivity index (χ3n) is 2.59. The number of nitrogens with one attached hydrogen (secondary N) is 1. The van der Waals surface area contributed by atoms with E-state index in [2.05, 4.69) is 5.32 Å². The highest BCUT2D eigenvalue weighted by atomic mass is 16.5. The zero-order valence-electron chi connectivity index (χ0n) is 11.5. The zero-order valence-corrected chi connectivity index (χ0v) is 11.5. The Bertz CT molecular complexity index is 218. The second-order valence-corrected chi connectivity index (χ2v) is 4.81. The lowest BCUT2D eigenvalue weighted by Crippen LogP contribution is -2.39. The molecular weight excluding hydrogens is 220 g/mol. The largest absolute Gasteiger partial charge is 0.389 e. The molecule has 0 saturated heterocycles. The van der Waals surface area contributed by atoms with Crippen molar-refractivity contribution in [2.45, 2.75) is 31.8 Å². The van der Waals surface area contributed by atoms with E-state index in [4.69, 9.17) is 4.74 Å². The van der Waals surface area contributed by atoms with Gasteiger partial charge in [-0.2, -0.15) is 0 Å². The molecule has 0 saturated carbocycles. The summed E-state index contributed by atoms with van der Waals surface area (Å²) in [6.45, 7) is 3.59. The molecule has 0 aliphatic carbocycles. The van der Waals surface area contributed by atoms with Crippen LogP contribution in [0.3, 0.4) is 0 Å². The van der Waals surface area contributed by atoms with E-state index in [9.17, 15) is 9.90 Å². The normalized spacial score (nSPS) is 14.4. The first kappa shape index (κ1) is 16.4. The van der Waals surface area contributed by atoms with E-state index in [0.717, 1.165) is 13.0 Å². The number of ether oxygens (including phenoxy) is 1. The molecule has 1 atom stereocenters. The van der Waals surface area contributed by atoms with Crippen molar-refractivity contribution in [2.24, 2.45) is 0 Å². The molecule has 1 amide bonds. The molecule has 0 aromatic carbocycles. The van der Waals surface area contributed by atoms with E-state index >= 15 is 0 Å². The molecular formula is C12H26N2O3. The van der Waals surface area contributed by atoms with Crippen molar-refractivity contribution in [1.82, 2.24) is 10.2 Å². The maximum atomic E-state index is 11.3. The average Bonchev–Trinajstić information content (AvgIpc) is 2.25. The van der Waals surface area contributed by atoms with Crippen LogP contribution in [0.1, 0.15) is 26.2 Å². The highest BCUT2D eigenvalue weighted by Gasteiger charge is 2.18. The van der Waals surface area contributed by atoms with Gasteiger partial charge in [0.05, 0.1) is 5.60 Å². The second kappa shape index (κ2) is 8.44. The first-order chi connectivity index (χ1) is 7.89. The molecule has 0 fully saturated rings. The van der Waals surface area contributed by atoms with Gasteiger partial charge in [0.1, 0.15) is 0 Å². The van der Waals surface area contributed by atoms with Gasteiger partial charge in [0.25, 0.3) is 0 Å². The Hall–Kier alpha value is -0.650. The third kappa shape index (κ3) is 9.09. The molecule has 0 radical (unpaired) electrons. The molecule has 2 N–H and O–H groups in total. The standard InChI is InChI=1S/C12H26N2O3/c1-12(16,7-9-17-4)10-13-8-5-6-11(15)14(2)3/h13,16H,5-10H2,1-4H3. The van der Waals surface area contributed by atoms with E-state index in [1.807, 2.05) is 0 Å². The summed E-state index contributed by atoms with van der Waals surface area (Å²) in [4.78, 5) is 12.9. The Balaban J connectivity index is 3.53. The third-order valence-corrected chi connectivity index (χ3v) is 2.59. The van der Waals surface area contributed by atoms with Crippen LogP contribution in [0.2, 0.25) is 0 Å². The maximum Gasteiger partial charge on any atom is 0.222 e. The fourth-order valence-electron chi connectivity index (χ4n) is 1.36. The number of methoxy groups -OCH3 is 1. The quantitative estimate of drug-likeness (QED) is 0.572. The monoisotopic (exact) mass is 246 g/mol. The lowest BCUT2D eigenvalue weighted by atomic mass is 10.0. The van der Waals surface area contributed by atoms with Gasteiger partial charge in [0.15, 0.2) is 0 Å².